The van der Waals surface area contributed by atoms with E-state index in [0.29, 0.717) is 17.4 Å². The number of benzene rings is 1. The first-order valence-corrected chi connectivity index (χ1v) is 11.1. The van der Waals surface area contributed by atoms with E-state index in [2.05, 4.69) is 19.2 Å². The Labute approximate surface area is 170 Å². The quantitative estimate of drug-likeness (QED) is 0.824. The number of carbonyl (C=O) groups excluding carboxylic acids is 2. The van der Waals surface area contributed by atoms with E-state index in [0.717, 1.165) is 23.3 Å². The zero-order chi connectivity index (χ0) is 19.8. The minimum absolute atomic E-state index is 0.0160. The second-order valence-corrected chi connectivity index (χ2v) is 9.30. The fraction of sp³-hybridized carbons (Fsp3) is 0.478. The van der Waals surface area contributed by atoms with Gasteiger partial charge in [-0.1, -0.05) is 51.0 Å². The normalized spacial score (nSPS) is 30.0. The standard InChI is InChI=1S/C23H28N2O2S/c1-14-8-6-11-18(15(14)2)24-22(26)20-16-9-4-5-10-17(16)23(27)25(3)21(20)19-12-7-13-28-19/h4-5,7,9-10,12-15,18,20-21H,6,8,11H2,1-3H3,(H,24,26)/t14-,15-,18+,20-,21-/m1/s1. The van der Waals surface area contributed by atoms with Crippen LogP contribution in [0.25, 0.3) is 0 Å². The molecule has 2 heterocycles. The Morgan fingerprint density at radius 1 is 1.14 bits per heavy atom. The maximum absolute atomic E-state index is 13.6. The van der Waals surface area contributed by atoms with Crippen molar-refractivity contribution in [1.82, 2.24) is 10.2 Å². The van der Waals surface area contributed by atoms with Crippen LogP contribution in [-0.2, 0) is 4.79 Å². The summed E-state index contributed by atoms with van der Waals surface area (Å²) in [5.41, 5.74) is 1.49. The minimum atomic E-state index is -0.387. The summed E-state index contributed by atoms with van der Waals surface area (Å²) in [5.74, 6) is 0.724. The number of nitrogens with one attached hydrogen (secondary N) is 1. The third-order valence-corrected chi connectivity index (χ3v) is 7.67. The SMILES string of the molecule is C[C@@H]1[C@H](C)CCC[C@@H]1NC(=O)[C@@H]1c2ccccc2C(=O)N(C)[C@@H]1c1cccs1. The van der Waals surface area contributed by atoms with Crippen molar-refractivity contribution in [2.75, 3.05) is 7.05 Å². The lowest BCUT2D eigenvalue weighted by Gasteiger charge is -2.41. The number of hydrogen-bond donors (Lipinski definition) is 1. The lowest BCUT2D eigenvalue weighted by molar-refractivity contribution is -0.125. The van der Waals surface area contributed by atoms with Gasteiger partial charge in [0, 0.05) is 23.5 Å². The number of amides is 2. The monoisotopic (exact) mass is 396 g/mol. The molecular formula is C23H28N2O2S. The molecule has 1 aromatic heterocycles. The molecule has 5 heteroatoms. The molecular weight excluding hydrogens is 368 g/mol. The molecule has 1 N–H and O–H groups in total. The Kier molecular flexibility index (Phi) is 5.28. The summed E-state index contributed by atoms with van der Waals surface area (Å²) in [4.78, 5) is 29.4. The van der Waals surface area contributed by atoms with Crippen molar-refractivity contribution in [3.05, 3.63) is 57.8 Å². The van der Waals surface area contributed by atoms with Gasteiger partial charge < -0.3 is 10.2 Å². The van der Waals surface area contributed by atoms with E-state index in [1.165, 1.54) is 6.42 Å². The van der Waals surface area contributed by atoms with Crippen molar-refractivity contribution in [2.24, 2.45) is 11.8 Å². The van der Waals surface area contributed by atoms with Gasteiger partial charge in [-0.15, -0.1) is 11.3 Å². The van der Waals surface area contributed by atoms with E-state index in [4.69, 9.17) is 0 Å². The van der Waals surface area contributed by atoms with Crippen LogP contribution in [-0.4, -0.2) is 29.8 Å². The summed E-state index contributed by atoms with van der Waals surface area (Å²) in [5, 5.41) is 5.37. The third-order valence-electron chi connectivity index (χ3n) is 6.73. The second kappa shape index (κ2) is 7.70. The van der Waals surface area contributed by atoms with Crippen LogP contribution in [0, 0.1) is 11.8 Å². The summed E-state index contributed by atoms with van der Waals surface area (Å²) in [6.45, 7) is 4.52. The smallest absolute Gasteiger partial charge is 0.254 e. The molecule has 0 unspecified atom stereocenters. The van der Waals surface area contributed by atoms with Crippen LogP contribution in [0.5, 0.6) is 0 Å². The number of likely N-dealkylation sites (N-methyl/N-ethyl adjacent to an activating group) is 1. The van der Waals surface area contributed by atoms with Crippen LogP contribution < -0.4 is 5.32 Å². The first-order chi connectivity index (χ1) is 13.5. The van der Waals surface area contributed by atoms with Gasteiger partial charge in [-0.3, -0.25) is 9.59 Å². The van der Waals surface area contributed by atoms with E-state index >= 15 is 0 Å². The Morgan fingerprint density at radius 2 is 1.93 bits per heavy atom. The number of thiophene rings is 1. The first kappa shape index (κ1) is 19.2. The lowest BCUT2D eigenvalue weighted by atomic mass is 9.77. The molecule has 4 nitrogen and oxygen atoms in total. The van der Waals surface area contributed by atoms with Gasteiger partial charge in [0.05, 0.1) is 12.0 Å². The molecule has 0 spiro atoms. The molecule has 1 aliphatic carbocycles. The maximum Gasteiger partial charge on any atom is 0.254 e. The Hall–Kier alpha value is -2.14. The lowest BCUT2D eigenvalue weighted by Crippen LogP contribution is -2.50. The molecule has 2 amide bonds. The van der Waals surface area contributed by atoms with Crippen molar-refractivity contribution in [2.45, 2.75) is 51.1 Å². The average Bonchev–Trinajstić information content (AvgIpc) is 3.22. The largest absolute Gasteiger partial charge is 0.352 e. The van der Waals surface area contributed by atoms with Crippen molar-refractivity contribution >= 4 is 23.2 Å². The van der Waals surface area contributed by atoms with Crippen LogP contribution in [0.3, 0.4) is 0 Å². The van der Waals surface area contributed by atoms with E-state index in [-0.39, 0.29) is 29.8 Å². The van der Waals surface area contributed by atoms with Crippen LogP contribution in [0.4, 0.5) is 0 Å². The molecule has 2 aromatic rings. The molecule has 0 bridgehead atoms. The van der Waals surface area contributed by atoms with Crippen molar-refractivity contribution in [3.8, 4) is 0 Å². The van der Waals surface area contributed by atoms with Crippen LogP contribution in [0.15, 0.2) is 41.8 Å². The minimum Gasteiger partial charge on any atom is -0.352 e. The third kappa shape index (κ3) is 3.26. The van der Waals surface area contributed by atoms with Gasteiger partial charge >= 0.3 is 0 Å². The van der Waals surface area contributed by atoms with E-state index < -0.39 is 0 Å². The number of rotatable bonds is 3. The average molecular weight is 397 g/mol. The van der Waals surface area contributed by atoms with Gasteiger partial charge in [0.2, 0.25) is 5.91 Å². The van der Waals surface area contributed by atoms with Crippen molar-refractivity contribution in [1.29, 1.82) is 0 Å². The predicted octanol–water partition coefficient (Wildman–Crippen LogP) is 4.60. The summed E-state index contributed by atoms with van der Waals surface area (Å²) in [6.07, 6.45) is 3.42. The van der Waals surface area contributed by atoms with Crippen molar-refractivity contribution < 1.29 is 9.59 Å². The second-order valence-electron chi connectivity index (χ2n) is 8.32. The highest BCUT2D eigenvalue weighted by molar-refractivity contribution is 7.10. The highest BCUT2D eigenvalue weighted by Crippen LogP contribution is 2.43. The van der Waals surface area contributed by atoms with Crippen molar-refractivity contribution in [3.63, 3.8) is 0 Å². The number of nitrogens with zero attached hydrogens (tertiary/aromatic N) is 1. The molecule has 0 radical (unpaired) electrons. The van der Waals surface area contributed by atoms with E-state index in [9.17, 15) is 9.59 Å². The Bertz CT molecular complexity index is 863. The van der Waals surface area contributed by atoms with E-state index in [1.807, 2.05) is 48.8 Å². The zero-order valence-electron chi connectivity index (χ0n) is 16.7. The topological polar surface area (TPSA) is 49.4 Å². The molecule has 148 valence electrons. The molecule has 4 rings (SSSR count). The van der Waals surface area contributed by atoms with Gasteiger partial charge in [0.25, 0.3) is 5.91 Å². The van der Waals surface area contributed by atoms with Gasteiger partial charge in [-0.2, -0.15) is 0 Å². The number of hydrogen-bond acceptors (Lipinski definition) is 3. The Morgan fingerprint density at radius 3 is 2.68 bits per heavy atom. The first-order valence-electron chi connectivity index (χ1n) is 10.2. The summed E-state index contributed by atoms with van der Waals surface area (Å²) >= 11 is 1.60. The van der Waals surface area contributed by atoms with Gasteiger partial charge in [-0.25, -0.2) is 0 Å². The highest BCUT2D eigenvalue weighted by atomic mass is 32.1. The fourth-order valence-electron chi connectivity index (χ4n) is 4.83. The Balaban J connectivity index is 1.71. The molecule has 1 aliphatic heterocycles. The molecule has 5 atom stereocenters. The van der Waals surface area contributed by atoms with Gasteiger partial charge in [0.1, 0.15) is 0 Å². The van der Waals surface area contributed by atoms with E-state index in [1.54, 1.807) is 16.2 Å². The number of fused-ring (bicyclic) bond motifs is 1. The molecule has 0 saturated heterocycles. The molecule has 1 fully saturated rings. The molecule has 28 heavy (non-hydrogen) atoms. The summed E-state index contributed by atoms with van der Waals surface area (Å²) < 4.78 is 0. The maximum atomic E-state index is 13.6. The molecule has 2 aliphatic rings. The highest BCUT2D eigenvalue weighted by Gasteiger charge is 2.44. The molecule has 1 aromatic carbocycles. The van der Waals surface area contributed by atoms with Crippen LogP contribution in [0.2, 0.25) is 0 Å². The van der Waals surface area contributed by atoms with Crippen LogP contribution >= 0.6 is 11.3 Å². The van der Waals surface area contributed by atoms with Crippen LogP contribution in [0.1, 0.15) is 65.9 Å². The van der Waals surface area contributed by atoms with Gasteiger partial charge in [0.15, 0.2) is 0 Å². The zero-order valence-corrected chi connectivity index (χ0v) is 17.5. The summed E-state index contributed by atoms with van der Waals surface area (Å²) in [6, 6.07) is 11.5. The summed E-state index contributed by atoms with van der Waals surface area (Å²) in [7, 11) is 1.81. The fourth-order valence-corrected chi connectivity index (χ4v) is 5.74. The van der Waals surface area contributed by atoms with Gasteiger partial charge in [-0.05, 0) is 41.3 Å². The predicted molar refractivity (Wildman–Crippen MR) is 112 cm³/mol. The molecule has 1 saturated carbocycles. The number of carbonyl (C=O) groups is 2.